The van der Waals surface area contributed by atoms with Gasteiger partial charge < -0.3 is 34.3 Å². The van der Waals surface area contributed by atoms with Crippen LogP contribution >= 0.6 is 0 Å². The molecule has 292 valence electrons. The van der Waals surface area contributed by atoms with E-state index in [9.17, 15) is 42.1 Å². The van der Waals surface area contributed by atoms with Gasteiger partial charge in [-0.3, -0.25) is 9.59 Å². The second-order valence-corrected chi connectivity index (χ2v) is 15.9. The Bertz CT molecular complexity index is 1610. The minimum Gasteiger partial charge on any atom is -0.457 e. The van der Waals surface area contributed by atoms with E-state index in [1.807, 2.05) is 13.8 Å². The highest BCUT2D eigenvalue weighted by Gasteiger charge is 2.55. The van der Waals surface area contributed by atoms with Gasteiger partial charge >= 0.3 is 11.9 Å². The number of carbonyl (C=O) groups excluding carboxylic acids is 2. The van der Waals surface area contributed by atoms with Crippen molar-refractivity contribution in [2.24, 2.45) is 11.8 Å². The van der Waals surface area contributed by atoms with Crippen molar-refractivity contribution in [2.75, 3.05) is 7.11 Å². The molecule has 12 nitrogen and oxygen atoms in total. The lowest BCUT2D eigenvalue weighted by molar-refractivity contribution is -0.157. The quantitative estimate of drug-likeness (QED) is 0.0988. The zero-order valence-corrected chi connectivity index (χ0v) is 31.7. The number of benzene rings is 1. The Morgan fingerprint density at radius 2 is 1.88 bits per heavy atom. The first kappa shape index (κ1) is 43.4. The Balaban J connectivity index is 1.96. The van der Waals surface area contributed by atoms with Gasteiger partial charge in [-0.2, -0.15) is 0 Å². The first-order valence-corrected chi connectivity index (χ1v) is 18.8. The molecular weight excluding hydrogens is 704 g/mol. The van der Waals surface area contributed by atoms with Gasteiger partial charge in [-0.1, -0.05) is 45.1 Å². The Kier molecular flexibility index (Phi) is 14.9. The van der Waals surface area contributed by atoms with E-state index >= 15 is 0 Å². The zero-order valence-electron chi connectivity index (χ0n) is 30.9. The molecule has 1 fully saturated rings. The monoisotopic (exact) mass is 757 g/mol. The second kappa shape index (κ2) is 17.9. The number of aliphatic hydroxyl groups excluding tert-OH is 1. The van der Waals surface area contributed by atoms with E-state index in [4.69, 9.17) is 18.9 Å². The molecule has 3 rings (SSSR count). The van der Waals surface area contributed by atoms with Gasteiger partial charge in [0.05, 0.1) is 41.3 Å². The Morgan fingerprint density at radius 3 is 2.48 bits per heavy atom. The van der Waals surface area contributed by atoms with Crippen LogP contribution in [-0.2, 0) is 38.6 Å². The van der Waals surface area contributed by atoms with E-state index in [1.165, 1.54) is 39.0 Å². The average Bonchev–Trinajstić information content (AvgIpc) is 3.85. The summed E-state index contributed by atoms with van der Waals surface area (Å²) in [6.07, 6.45) is 3.28. The number of esters is 2. The third-order valence-electron chi connectivity index (χ3n) is 9.67. The molecule has 0 aliphatic carbocycles. The SMILES string of the molecule is CC[C@H](OC)C(C)C1OC1C(NS(=O)(=O)c1ccc(F)c(F)c1)C(C)(O)/C=C/C=C(\C)C1OC(=O)C[C@H](O)CCC(C)(O)[C@@H](OC(C)=O)/C=C/[C@@H]1C. The predicted molar refractivity (Wildman–Crippen MR) is 187 cm³/mol. The minimum atomic E-state index is -4.50. The molecule has 2 aliphatic rings. The van der Waals surface area contributed by atoms with Crippen LogP contribution < -0.4 is 4.72 Å². The van der Waals surface area contributed by atoms with E-state index in [2.05, 4.69) is 4.72 Å². The summed E-state index contributed by atoms with van der Waals surface area (Å²) in [5.74, 6) is -4.59. The zero-order chi connectivity index (χ0) is 39.2. The van der Waals surface area contributed by atoms with Gasteiger partial charge in [0, 0.05) is 25.9 Å². The first-order valence-electron chi connectivity index (χ1n) is 17.3. The number of ether oxygens (including phenoxy) is 4. The molecule has 0 amide bonds. The van der Waals surface area contributed by atoms with Crippen LogP contribution in [0.5, 0.6) is 0 Å². The number of allylic oxidation sites excluding steroid dienone is 2. The lowest BCUT2D eigenvalue weighted by Crippen LogP contribution is -2.54. The van der Waals surface area contributed by atoms with Gasteiger partial charge in [0.1, 0.15) is 23.9 Å². The molecule has 7 unspecified atom stereocenters. The molecule has 52 heavy (non-hydrogen) atoms. The lowest BCUT2D eigenvalue weighted by atomic mass is 9.87. The first-order chi connectivity index (χ1) is 24.1. The van der Waals surface area contributed by atoms with Crippen LogP contribution in [0.2, 0.25) is 0 Å². The maximum Gasteiger partial charge on any atom is 0.309 e. The van der Waals surface area contributed by atoms with Crippen molar-refractivity contribution in [3.05, 3.63) is 65.8 Å². The fourth-order valence-corrected chi connectivity index (χ4v) is 7.76. The van der Waals surface area contributed by atoms with E-state index in [0.29, 0.717) is 24.1 Å². The number of aliphatic hydroxyl groups is 3. The third-order valence-corrected chi connectivity index (χ3v) is 11.1. The maximum absolute atomic E-state index is 14.0. The third kappa shape index (κ3) is 11.5. The number of sulfonamides is 1. The Hall–Kier alpha value is -3.05. The van der Waals surface area contributed by atoms with Gasteiger partial charge in [-0.05, 0) is 69.9 Å². The summed E-state index contributed by atoms with van der Waals surface area (Å²) in [7, 11) is -2.94. The van der Waals surface area contributed by atoms with Gasteiger partial charge in [-0.25, -0.2) is 21.9 Å². The average molecular weight is 758 g/mol. The molecule has 11 atom stereocenters. The van der Waals surface area contributed by atoms with Gasteiger partial charge in [0.15, 0.2) is 11.6 Å². The highest BCUT2D eigenvalue weighted by molar-refractivity contribution is 7.89. The molecule has 0 bridgehead atoms. The molecule has 1 aromatic carbocycles. The summed E-state index contributed by atoms with van der Waals surface area (Å²) in [4.78, 5) is 24.1. The number of epoxide rings is 1. The summed E-state index contributed by atoms with van der Waals surface area (Å²) < 4.78 is 79.5. The minimum absolute atomic E-state index is 0.0382. The van der Waals surface area contributed by atoms with E-state index < -0.39 is 92.2 Å². The normalized spacial score (nSPS) is 31.3. The molecule has 0 radical (unpaired) electrons. The van der Waals surface area contributed by atoms with E-state index in [-0.39, 0.29) is 31.3 Å². The highest BCUT2D eigenvalue weighted by atomic mass is 32.2. The van der Waals surface area contributed by atoms with Crippen molar-refractivity contribution in [3.63, 3.8) is 0 Å². The van der Waals surface area contributed by atoms with Crippen LogP contribution in [0.1, 0.15) is 74.1 Å². The van der Waals surface area contributed by atoms with Crippen LogP contribution in [0.3, 0.4) is 0 Å². The number of halogens is 2. The van der Waals surface area contributed by atoms with Crippen molar-refractivity contribution in [3.8, 4) is 0 Å². The number of hydrogen-bond donors (Lipinski definition) is 4. The van der Waals surface area contributed by atoms with Gasteiger partial charge in [0.2, 0.25) is 10.0 Å². The van der Waals surface area contributed by atoms with Crippen LogP contribution in [0, 0.1) is 23.5 Å². The summed E-state index contributed by atoms with van der Waals surface area (Å²) >= 11 is 0. The topological polar surface area (TPSA) is 181 Å². The molecule has 0 spiro atoms. The number of methoxy groups -OCH3 is 1. The lowest BCUT2D eigenvalue weighted by Gasteiger charge is -2.32. The number of hydrogen-bond acceptors (Lipinski definition) is 11. The smallest absolute Gasteiger partial charge is 0.309 e. The molecular formula is C37H53F2NO11S. The molecule has 2 aliphatic heterocycles. The largest absolute Gasteiger partial charge is 0.457 e. The number of nitrogens with one attached hydrogen (secondary N) is 1. The van der Waals surface area contributed by atoms with Gasteiger partial charge in [0.25, 0.3) is 0 Å². The predicted octanol–water partition coefficient (Wildman–Crippen LogP) is 4.03. The summed E-state index contributed by atoms with van der Waals surface area (Å²) in [5, 5.41) is 33.3. The molecule has 0 saturated carbocycles. The van der Waals surface area contributed by atoms with Gasteiger partial charge in [-0.15, -0.1) is 0 Å². The number of rotatable bonds is 13. The van der Waals surface area contributed by atoms with E-state index in [0.717, 1.165) is 6.07 Å². The van der Waals surface area contributed by atoms with Crippen molar-refractivity contribution < 1.29 is 61.1 Å². The summed E-state index contributed by atoms with van der Waals surface area (Å²) in [6.45, 7) is 11.3. The number of carbonyl (C=O) groups is 2. The Labute approximate surface area is 304 Å². The Morgan fingerprint density at radius 1 is 1.21 bits per heavy atom. The van der Waals surface area contributed by atoms with Crippen LogP contribution in [0.4, 0.5) is 8.78 Å². The van der Waals surface area contributed by atoms with Crippen LogP contribution in [0.15, 0.2) is 59.0 Å². The highest BCUT2D eigenvalue weighted by Crippen LogP contribution is 2.39. The fraction of sp³-hybridized carbons (Fsp3) is 0.622. The summed E-state index contributed by atoms with van der Waals surface area (Å²) in [5.41, 5.74) is -2.95. The fourth-order valence-electron chi connectivity index (χ4n) is 6.41. The van der Waals surface area contributed by atoms with Crippen LogP contribution in [0.25, 0.3) is 0 Å². The number of cyclic esters (lactones) is 1. The van der Waals surface area contributed by atoms with E-state index in [1.54, 1.807) is 33.1 Å². The standard InChI is InChI=1S/C37H53F2NO11S/c1-9-29(48-8)23(4)33-34(51-33)35(40-52(46,47)26-13-14-27(38)28(39)20-26)37(7,45)17-10-11-21(2)32-22(3)12-15-30(49-24(5)41)36(6,44)18-16-25(42)19-31(43)50-32/h10-15,17,20,22-23,25,29-30,32-35,40,42,44-45H,9,16,18-19H2,1-8H3/b15-12+,17-10+,21-11+/t22-,23?,25+,29-,30-,32?,33?,34?,35?,36?,37?/m0/s1. The summed E-state index contributed by atoms with van der Waals surface area (Å²) in [6, 6.07) is 0.851. The van der Waals surface area contributed by atoms with Crippen molar-refractivity contribution in [1.82, 2.24) is 4.72 Å². The molecule has 0 aromatic heterocycles. The molecule has 1 aromatic rings. The molecule has 4 N–H and O–H groups in total. The van der Waals surface area contributed by atoms with Crippen LogP contribution in [-0.4, -0.2) is 96.7 Å². The maximum atomic E-state index is 14.0. The van der Waals surface area contributed by atoms with Crippen molar-refractivity contribution >= 4 is 22.0 Å². The molecule has 15 heteroatoms. The van der Waals surface area contributed by atoms with Crippen molar-refractivity contribution in [2.45, 2.75) is 133 Å². The second-order valence-electron chi connectivity index (χ2n) is 14.2. The molecule has 1 saturated heterocycles. The molecule has 2 heterocycles. The van der Waals surface area contributed by atoms with Crippen molar-refractivity contribution in [1.29, 1.82) is 0 Å².